The van der Waals surface area contributed by atoms with E-state index < -0.39 is 6.61 Å². The number of alkyl halides is 2. The van der Waals surface area contributed by atoms with Gasteiger partial charge < -0.3 is 29.3 Å². The van der Waals surface area contributed by atoms with Gasteiger partial charge in [0.15, 0.2) is 17.5 Å². The summed E-state index contributed by atoms with van der Waals surface area (Å²) in [6, 6.07) is 6.76. The van der Waals surface area contributed by atoms with Crippen LogP contribution in [-0.2, 0) is 6.54 Å². The molecule has 2 N–H and O–H groups in total. The first kappa shape index (κ1) is 25.0. The third kappa shape index (κ3) is 6.86. The van der Waals surface area contributed by atoms with Crippen molar-refractivity contribution in [3.63, 3.8) is 0 Å². The zero-order valence-electron chi connectivity index (χ0n) is 17.6. The Hall–Kier alpha value is -2.28. The minimum atomic E-state index is -2.95. The van der Waals surface area contributed by atoms with Crippen LogP contribution >= 0.6 is 24.0 Å². The number of furan rings is 1. The molecule has 11 heteroatoms. The molecule has 1 unspecified atom stereocenters. The number of guanidine groups is 1. The van der Waals surface area contributed by atoms with Gasteiger partial charge in [0.05, 0.1) is 18.8 Å². The topological polar surface area (TPSA) is 80.5 Å². The molecule has 0 bridgehead atoms. The third-order valence-electron chi connectivity index (χ3n) is 4.48. The number of hydrogen-bond acceptors (Lipinski definition) is 6. The lowest BCUT2D eigenvalue weighted by atomic mass is 10.1. The van der Waals surface area contributed by atoms with Gasteiger partial charge in [-0.25, -0.2) is 4.99 Å². The number of fused-ring (bicyclic) bond motifs is 1. The van der Waals surface area contributed by atoms with Gasteiger partial charge >= 0.3 is 6.61 Å². The standard InChI is InChI=1S/C20H26F2N4O4.HI/c1-4-23-20(25-11-14(26(2)3)15-6-5-7-27-15)24-10-13-8-17-18(29-12-28-17)9-16(13)30-19(21)22;/h5-9,14,19H,4,10-12H2,1-3H3,(H2,23,24,25);1H. The van der Waals surface area contributed by atoms with E-state index in [0.29, 0.717) is 36.1 Å². The summed E-state index contributed by atoms with van der Waals surface area (Å²) in [6.07, 6.45) is 1.63. The summed E-state index contributed by atoms with van der Waals surface area (Å²) in [5.74, 6) is 2.22. The zero-order valence-corrected chi connectivity index (χ0v) is 19.9. The molecule has 0 aliphatic carbocycles. The van der Waals surface area contributed by atoms with Crippen LogP contribution < -0.4 is 24.8 Å². The molecule has 0 saturated heterocycles. The molecule has 2 heterocycles. The Morgan fingerprint density at radius 1 is 1.23 bits per heavy atom. The van der Waals surface area contributed by atoms with Crippen molar-refractivity contribution < 1.29 is 27.4 Å². The van der Waals surface area contributed by atoms with E-state index in [9.17, 15) is 8.78 Å². The first-order valence-corrected chi connectivity index (χ1v) is 9.57. The maximum atomic E-state index is 12.8. The molecule has 0 amide bonds. The van der Waals surface area contributed by atoms with Gasteiger partial charge in [-0.3, -0.25) is 4.90 Å². The molecule has 1 aromatic carbocycles. The first-order chi connectivity index (χ1) is 14.5. The number of nitrogens with zero attached hydrogens (tertiary/aromatic N) is 2. The van der Waals surface area contributed by atoms with Crippen LogP contribution in [0.2, 0.25) is 0 Å². The van der Waals surface area contributed by atoms with Crippen molar-refractivity contribution in [2.45, 2.75) is 26.1 Å². The molecule has 0 saturated carbocycles. The Balaban J connectivity index is 0.00000341. The van der Waals surface area contributed by atoms with Crippen LogP contribution in [0.3, 0.4) is 0 Å². The molecule has 0 fully saturated rings. The average Bonchev–Trinajstić information content (AvgIpc) is 3.37. The van der Waals surface area contributed by atoms with Crippen LogP contribution in [0, 0.1) is 0 Å². The van der Waals surface area contributed by atoms with Crippen molar-refractivity contribution in [1.29, 1.82) is 0 Å². The molecule has 31 heavy (non-hydrogen) atoms. The predicted octanol–water partition coefficient (Wildman–Crippen LogP) is 3.59. The quantitative estimate of drug-likeness (QED) is 0.280. The minimum Gasteiger partial charge on any atom is -0.468 e. The Bertz CT molecular complexity index is 850. The lowest BCUT2D eigenvalue weighted by Gasteiger charge is -2.23. The molecule has 1 aliphatic rings. The monoisotopic (exact) mass is 552 g/mol. The Kier molecular flexibility index (Phi) is 9.62. The molecule has 8 nitrogen and oxygen atoms in total. The van der Waals surface area contributed by atoms with Gasteiger partial charge in [0.2, 0.25) is 6.79 Å². The minimum absolute atomic E-state index is 0. The largest absolute Gasteiger partial charge is 0.468 e. The molecule has 2 aromatic rings. The van der Waals surface area contributed by atoms with Crippen LogP contribution in [0.15, 0.2) is 39.9 Å². The van der Waals surface area contributed by atoms with Crippen molar-refractivity contribution in [2.24, 2.45) is 4.99 Å². The third-order valence-corrected chi connectivity index (χ3v) is 4.48. The lowest BCUT2D eigenvalue weighted by Crippen LogP contribution is -2.41. The highest BCUT2D eigenvalue weighted by molar-refractivity contribution is 14.0. The van der Waals surface area contributed by atoms with Crippen LogP contribution in [0.25, 0.3) is 0 Å². The smallest absolute Gasteiger partial charge is 0.387 e. The van der Waals surface area contributed by atoms with E-state index in [1.807, 2.05) is 38.1 Å². The number of halogens is 3. The predicted molar refractivity (Wildman–Crippen MR) is 123 cm³/mol. The van der Waals surface area contributed by atoms with Crippen molar-refractivity contribution in [1.82, 2.24) is 15.5 Å². The van der Waals surface area contributed by atoms with Crippen LogP contribution in [0.1, 0.15) is 24.3 Å². The normalized spacial score (nSPS) is 13.8. The van der Waals surface area contributed by atoms with E-state index in [1.54, 1.807) is 12.3 Å². The fourth-order valence-electron chi connectivity index (χ4n) is 3.01. The molecule has 1 aliphatic heterocycles. The van der Waals surface area contributed by atoms with Crippen molar-refractivity contribution in [3.8, 4) is 17.2 Å². The van der Waals surface area contributed by atoms with Gasteiger partial charge in [0.25, 0.3) is 0 Å². The first-order valence-electron chi connectivity index (χ1n) is 9.57. The Morgan fingerprint density at radius 3 is 2.58 bits per heavy atom. The van der Waals surface area contributed by atoms with Crippen LogP contribution in [-0.4, -0.2) is 51.4 Å². The van der Waals surface area contributed by atoms with Gasteiger partial charge in [-0.1, -0.05) is 0 Å². The van der Waals surface area contributed by atoms with E-state index >= 15 is 0 Å². The molecule has 172 valence electrons. The summed E-state index contributed by atoms with van der Waals surface area (Å²) in [6.45, 7) is 0.322. The maximum absolute atomic E-state index is 12.8. The van der Waals surface area contributed by atoms with Crippen LogP contribution in [0.4, 0.5) is 8.78 Å². The fourth-order valence-corrected chi connectivity index (χ4v) is 3.01. The van der Waals surface area contributed by atoms with Gasteiger partial charge in [-0.2, -0.15) is 8.78 Å². The zero-order chi connectivity index (χ0) is 21.5. The van der Waals surface area contributed by atoms with Gasteiger partial charge in [-0.05, 0) is 39.2 Å². The van der Waals surface area contributed by atoms with E-state index in [4.69, 9.17) is 13.9 Å². The summed E-state index contributed by atoms with van der Waals surface area (Å²) in [5.41, 5.74) is 0.465. The number of hydrogen-bond donors (Lipinski definition) is 2. The molecule has 1 atom stereocenters. The van der Waals surface area contributed by atoms with Crippen molar-refractivity contribution in [3.05, 3.63) is 41.9 Å². The van der Waals surface area contributed by atoms with Crippen LogP contribution in [0.5, 0.6) is 17.2 Å². The highest BCUT2D eigenvalue weighted by Crippen LogP contribution is 2.39. The van der Waals surface area contributed by atoms with Crippen molar-refractivity contribution >= 4 is 29.9 Å². The number of nitrogens with one attached hydrogen (secondary N) is 2. The second-order valence-corrected chi connectivity index (χ2v) is 6.76. The number of ether oxygens (including phenoxy) is 3. The number of rotatable bonds is 9. The molecule has 0 radical (unpaired) electrons. The Labute approximate surface area is 196 Å². The van der Waals surface area contributed by atoms with E-state index in [-0.39, 0.29) is 49.1 Å². The molecule has 1 aromatic heterocycles. The molecule has 0 spiro atoms. The number of benzene rings is 1. The van der Waals surface area contributed by atoms with Gasteiger partial charge in [-0.15, -0.1) is 24.0 Å². The summed E-state index contributed by atoms with van der Waals surface area (Å²) >= 11 is 0. The molecular formula is C20H27F2IN4O4. The summed E-state index contributed by atoms with van der Waals surface area (Å²) in [7, 11) is 3.92. The molecular weight excluding hydrogens is 525 g/mol. The van der Waals surface area contributed by atoms with Gasteiger partial charge in [0, 0.05) is 24.7 Å². The lowest BCUT2D eigenvalue weighted by molar-refractivity contribution is -0.0505. The van der Waals surface area contributed by atoms with Gasteiger partial charge in [0.1, 0.15) is 11.5 Å². The average molecular weight is 552 g/mol. The SMILES string of the molecule is CCNC(=NCc1cc2c(cc1OC(F)F)OCO2)NCC(c1ccco1)N(C)C.I. The maximum Gasteiger partial charge on any atom is 0.387 e. The van der Waals surface area contributed by atoms with E-state index in [2.05, 4.69) is 20.4 Å². The second-order valence-electron chi connectivity index (χ2n) is 6.76. The van der Waals surface area contributed by atoms with E-state index in [0.717, 1.165) is 5.76 Å². The van der Waals surface area contributed by atoms with E-state index in [1.165, 1.54) is 6.07 Å². The summed E-state index contributed by atoms with van der Waals surface area (Å²) in [5, 5.41) is 6.42. The van der Waals surface area contributed by atoms with Crippen molar-refractivity contribution in [2.75, 3.05) is 34.0 Å². The highest BCUT2D eigenvalue weighted by atomic mass is 127. The number of aliphatic imine (C=N–C) groups is 1. The number of likely N-dealkylation sites (N-methyl/N-ethyl adjacent to an activating group) is 1. The Morgan fingerprint density at radius 2 is 1.97 bits per heavy atom. The summed E-state index contributed by atoms with van der Waals surface area (Å²) < 4.78 is 46.4. The second kappa shape index (κ2) is 11.9. The fraction of sp³-hybridized carbons (Fsp3) is 0.450. The summed E-state index contributed by atoms with van der Waals surface area (Å²) in [4.78, 5) is 6.54. The molecule has 3 rings (SSSR count). The highest BCUT2D eigenvalue weighted by Gasteiger charge is 2.21.